The largest absolute Gasteiger partial charge is 0.478 e. The van der Waals surface area contributed by atoms with E-state index in [1.807, 2.05) is 0 Å². The molecule has 0 radical (unpaired) electrons. The van der Waals surface area contributed by atoms with Crippen molar-refractivity contribution in [3.63, 3.8) is 0 Å². The van der Waals surface area contributed by atoms with Crippen LogP contribution >= 0.6 is 0 Å². The van der Waals surface area contributed by atoms with Crippen LogP contribution in [-0.4, -0.2) is 11.1 Å². The lowest BCUT2D eigenvalue weighted by atomic mass is 10.1. The standard InChI is InChI=1S/C14H5F7O3/c15-7-1-5(13(22)23)2-8(16)11(7)14(20,21)24-6-3-9(17)12(19)10(18)4-6/h1-4H,(H,22,23). The van der Waals surface area contributed by atoms with Crippen molar-refractivity contribution in [2.24, 2.45) is 0 Å². The molecule has 128 valence electrons. The first kappa shape index (κ1) is 17.6. The Labute approximate surface area is 128 Å². The fourth-order valence-corrected chi connectivity index (χ4v) is 1.76. The van der Waals surface area contributed by atoms with Crippen molar-refractivity contribution in [3.05, 3.63) is 64.5 Å². The number of halogens is 7. The molecule has 0 unspecified atom stereocenters. The van der Waals surface area contributed by atoms with Crippen LogP contribution in [0.3, 0.4) is 0 Å². The van der Waals surface area contributed by atoms with E-state index in [4.69, 9.17) is 5.11 Å². The van der Waals surface area contributed by atoms with Gasteiger partial charge in [-0.3, -0.25) is 0 Å². The molecule has 10 heteroatoms. The predicted octanol–water partition coefficient (Wildman–Crippen LogP) is 4.21. The summed E-state index contributed by atoms with van der Waals surface area (Å²) in [7, 11) is 0. The molecule has 0 aliphatic rings. The molecular formula is C14H5F7O3. The number of hydrogen-bond acceptors (Lipinski definition) is 2. The number of rotatable bonds is 4. The van der Waals surface area contributed by atoms with Crippen molar-refractivity contribution in [2.45, 2.75) is 6.11 Å². The maximum Gasteiger partial charge on any atom is 0.432 e. The monoisotopic (exact) mass is 354 g/mol. The normalized spacial score (nSPS) is 11.5. The lowest BCUT2D eigenvalue weighted by molar-refractivity contribution is -0.189. The van der Waals surface area contributed by atoms with Crippen molar-refractivity contribution in [1.82, 2.24) is 0 Å². The second-order valence-corrected chi connectivity index (χ2v) is 4.44. The van der Waals surface area contributed by atoms with Crippen LogP contribution in [0.5, 0.6) is 5.75 Å². The number of ether oxygens (including phenoxy) is 1. The molecule has 2 rings (SSSR count). The summed E-state index contributed by atoms with van der Waals surface area (Å²) in [5.74, 6) is -12.6. The smallest absolute Gasteiger partial charge is 0.432 e. The molecule has 0 heterocycles. The molecule has 0 amide bonds. The summed E-state index contributed by atoms with van der Waals surface area (Å²) in [6.45, 7) is 0. The molecule has 0 aromatic heterocycles. The maximum absolute atomic E-state index is 13.9. The topological polar surface area (TPSA) is 46.5 Å². The molecule has 2 aromatic carbocycles. The van der Waals surface area contributed by atoms with Crippen LogP contribution in [0.25, 0.3) is 0 Å². The molecule has 0 bridgehead atoms. The first-order valence-corrected chi connectivity index (χ1v) is 5.97. The summed E-state index contributed by atoms with van der Waals surface area (Å²) in [6, 6.07) is 0.329. The van der Waals surface area contributed by atoms with E-state index in [-0.39, 0.29) is 24.3 Å². The molecule has 2 aromatic rings. The Balaban J connectivity index is 2.46. The molecule has 0 fully saturated rings. The van der Waals surface area contributed by atoms with Crippen molar-refractivity contribution in [1.29, 1.82) is 0 Å². The molecule has 0 atom stereocenters. The third-order valence-corrected chi connectivity index (χ3v) is 2.78. The summed E-state index contributed by atoms with van der Waals surface area (Å²) in [5, 5.41) is 8.58. The van der Waals surface area contributed by atoms with Crippen LogP contribution in [0, 0.1) is 29.1 Å². The van der Waals surface area contributed by atoms with E-state index in [0.29, 0.717) is 0 Å². The number of benzene rings is 2. The highest BCUT2D eigenvalue weighted by atomic mass is 19.3. The minimum absolute atomic E-state index is 0.0494. The van der Waals surface area contributed by atoms with Crippen molar-refractivity contribution in [3.8, 4) is 5.75 Å². The number of carbonyl (C=O) groups is 1. The van der Waals surface area contributed by atoms with Crippen molar-refractivity contribution >= 4 is 5.97 Å². The highest BCUT2D eigenvalue weighted by Gasteiger charge is 2.41. The minimum atomic E-state index is -4.76. The summed E-state index contributed by atoms with van der Waals surface area (Å²) in [4.78, 5) is 10.6. The third-order valence-electron chi connectivity index (χ3n) is 2.78. The molecule has 0 aliphatic carbocycles. The fraction of sp³-hybridized carbons (Fsp3) is 0.0714. The van der Waals surface area contributed by atoms with Crippen LogP contribution < -0.4 is 4.74 Å². The zero-order chi connectivity index (χ0) is 18.2. The van der Waals surface area contributed by atoms with Gasteiger partial charge in [0.25, 0.3) is 0 Å². The Morgan fingerprint density at radius 3 is 1.75 bits per heavy atom. The predicted molar refractivity (Wildman–Crippen MR) is 64.2 cm³/mol. The molecule has 0 saturated carbocycles. The number of aromatic carboxylic acids is 1. The van der Waals surface area contributed by atoms with Gasteiger partial charge in [-0.1, -0.05) is 0 Å². The number of alkyl halides is 2. The maximum atomic E-state index is 13.9. The Hall–Kier alpha value is -2.78. The first-order valence-electron chi connectivity index (χ1n) is 5.97. The molecule has 1 N–H and O–H groups in total. The van der Waals surface area contributed by atoms with E-state index < -0.39 is 58.0 Å². The third kappa shape index (κ3) is 3.26. The van der Waals surface area contributed by atoms with E-state index in [2.05, 4.69) is 4.74 Å². The zero-order valence-electron chi connectivity index (χ0n) is 11.2. The quantitative estimate of drug-likeness (QED) is 0.661. The van der Waals surface area contributed by atoms with Crippen LogP contribution in [0.1, 0.15) is 15.9 Å². The summed E-state index contributed by atoms with van der Waals surface area (Å²) >= 11 is 0. The van der Waals surface area contributed by atoms with Gasteiger partial charge in [-0.2, -0.15) is 8.78 Å². The molecule has 0 spiro atoms. The van der Waals surface area contributed by atoms with E-state index in [1.54, 1.807) is 0 Å². The average Bonchev–Trinajstić information content (AvgIpc) is 2.42. The van der Waals surface area contributed by atoms with Gasteiger partial charge in [-0.25, -0.2) is 26.7 Å². The fourth-order valence-electron chi connectivity index (χ4n) is 1.76. The summed E-state index contributed by atoms with van der Waals surface area (Å²) in [6.07, 6.45) is -4.76. The molecule has 24 heavy (non-hydrogen) atoms. The van der Waals surface area contributed by atoms with Crippen molar-refractivity contribution in [2.75, 3.05) is 0 Å². The van der Waals surface area contributed by atoms with Crippen molar-refractivity contribution < 1.29 is 45.4 Å². The van der Waals surface area contributed by atoms with Crippen LogP contribution in [0.15, 0.2) is 24.3 Å². The number of carboxylic acid groups (broad SMARTS) is 1. The summed E-state index contributed by atoms with van der Waals surface area (Å²) < 4.78 is 97.5. The Morgan fingerprint density at radius 2 is 1.33 bits per heavy atom. The van der Waals surface area contributed by atoms with Gasteiger partial charge in [0.1, 0.15) is 22.9 Å². The van der Waals surface area contributed by atoms with E-state index in [1.165, 1.54) is 0 Å². The number of hydrogen-bond donors (Lipinski definition) is 1. The Kier molecular flexibility index (Phi) is 4.41. The lowest BCUT2D eigenvalue weighted by Gasteiger charge is -2.19. The van der Waals surface area contributed by atoms with Crippen LogP contribution in [-0.2, 0) is 6.11 Å². The SMILES string of the molecule is O=C(O)c1cc(F)c(C(F)(F)Oc2cc(F)c(F)c(F)c2)c(F)c1. The van der Waals surface area contributed by atoms with Gasteiger partial charge < -0.3 is 9.84 Å². The van der Waals surface area contributed by atoms with Gasteiger partial charge in [0.2, 0.25) is 0 Å². The number of carboxylic acids is 1. The van der Waals surface area contributed by atoms with Gasteiger partial charge in [-0.05, 0) is 12.1 Å². The Morgan fingerprint density at radius 1 is 0.875 bits per heavy atom. The van der Waals surface area contributed by atoms with Gasteiger partial charge in [0.05, 0.1) is 5.56 Å². The highest BCUT2D eigenvalue weighted by Crippen LogP contribution is 2.36. The van der Waals surface area contributed by atoms with Gasteiger partial charge in [0, 0.05) is 12.1 Å². The van der Waals surface area contributed by atoms with Gasteiger partial charge >= 0.3 is 12.1 Å². The van der Waals surface area contributed by atoms with E-state index >= 15 is 0 Å². The molecule has 0 saturated heterocycles. The average molecular weight is 354 g/mol. The second kappa shape index (κ2) is 6.02. The second-order valence-electron chi connectivity index (χ2n) is 4.44. The zero-order valence-corrected chi connectivity index (χ0v) is 11.2. The molecule has 3 nitrogen and oxygen atoms in total. The van der Waals surface area contributed by atoms with E-state index in [9.17, 15) is 35.5 Å². The van der Waals surface area contributed by atoms with E-state index in [0.717, 1.165) is 0 Å². The summed E-state index contributed by atoms with van der Waals surface area (Å²) in [5.41, 5.74) is -2.92. The van der Waals surface area contributed by atoms with Crippen LogP contribution in [0.4, 0.5) is 30.7 Å². The minimum Gasteiger partial charge on any atom is -0.478 e. The highest BCUT2D eigenvalue weighted by molar-refractivity contribution is 5.87. The first-order chi connectivity index (χ1) is 11.0. The molecule has 0 aliphatic heterocycles. The van der Waals surface area contributed by atoms with Gasteiger partial charge in [-0.15, -0.1) is 0 Å². The lowest BCUT2D eigenvalue weighted by Crippen LogP contribution is -2.26. The molecular weight excluding hydrogens is 349 g/mol. The van der Waals surface area contributed by atoms with Gasteiger partial charge in [0.15, 0.2) is 17.5 Å². The van der Waals surface area contributed by atoms with Crippen LogP contribution in [0.2, 0.25) is 0 Å². The Bertz CT molecular complexity index is 774.